The van der Waals surface area contributed by atoms with E-state index < -0.39 is 5.97 Å². The molecule has 4 aromatic rings. The molecule has 2 fully saturated rings. The van der Waals surface area contributed by atoms with Crippen molar-refractivity contribution in [3.05, 3.63) is 59.2 Å². The average molecular weight is 460 g/mol. The second-order valence-electron chi connectivity index (χ2n) is 9.38. The topological polar surface area (TPSA) is 68.7 Å². The lowest BCUT2D eigenvalue weighted by Gasteiger charge is -2.53. The second-order valence-corrected chi connectivity index (χ2v) is 10.4. The van der Waals surface area contributed by atoms with Gasteiger partial charge in [-0.05, 0) is 73.7 Å². The molecule has 2 aromatic carbocycles. The van der Waals surface area contributed by atoms with Crippen LogP contribution in [0.3, 0.4) is 0 Å². The molecule has 168 valence electrons. The zero-order chi connectivity index (χ0) is 22.7. The Kier molecular flexibility index (Phi) is 4.71. The van der Waals surface area contributed by atoms with Gasteiger partial charge < -0.3 is 14.6 Å². The SMILES string of the molecule is Cc1c(-c2cc(C(=O)O)c3c(OC[C@H]4C[C@@]5(CCO5)C4)ccc(C)c3n2)sc2ccccc12. The summed E-state index contributed by atoms with van der Waals surface area (Å²) >= 11 is 1.65. The molecule has 1 N–H and O–H groups in total. The maximum atomic E-state index is 12.4. The molecule has 1 aliphatic carbocycles. The van der Waals surface area contributed by atoms with Crippen LogP contribution >= 0.6 is 11.3 Å². The van der Waals surface area contributed by atoms with Gasteiger partial charge in [0, 0.05) is 4.70 Å². The Morgan fingerprint density at radius 2 is 2.03 bits per heavy atom. The lowest BCUT2D eigenvalue weighted by Crippen LogP contribution is -2.55. The van der Waals surface area contributed by atoms with Crippen LogP contribution < -0.4 is 4.74 Å². The zero-order valence-electron chi connectivity index (χ0n) is 18.7. The molecule has 1 saturated carbocycles. The van der Waals surface area contributed by atoms with E-state index in [9.17, 15) is 9.90 Å². The first kappa shape index (κ1) is 20.6. The molecule has 0 bridgehead atoms. The summed E-state index contributed by atoms with van der Waals surface area (Å²) in [7, 11) is 0. The average Bonchev–Trinajstić information content (AvgIpc) is 3.09. The van der Waals surface area contributed by atoms with Gasteiger partial charge in [0.15, 0.2) is 0 Å². The normalized spacial score (nSPS) is 21.8. The van der Waals surface area contributed by atoms with E-state index in [2.05, 4.69) is 19.1 Å². The number of rotatable bonds is 5. The molecule has 0 unspecified atom stereocenters. The van der Waals surface area contributed by atoms with E-state index in [0.717, 1.165) is 41.9 Å². The van der Waals surface area contributed by atoms with Crippen LogP contribution in [0.25, 0.3) is 31.6 Å². The third-order valence-corrected chi connectivity index (χ3v) is 8.49. The van der Waals surface area contributed by atoms with Crippen molar-refractivity contribution in [3.63, 3.8) is 0 Å². The number of aromatic nitrogens is 1. The summed E-state index contributed by atoms with van der Waals surface area (Å²) < 4.78 is 13.1. The Labute approximate surface area is 196 Å². The van der Waals surface area contributed by atoms with E-state index in [1.165, 1.54) is 10.1 Å². The van der Waals surface area contributed by atoms with Gasteiger partial charge in [0.25, 0.3) is 0 Å². The van der Waals surface area contributed by atoms with E-state index in [0.29, 0.717) is 34.9 Å². The minimum Gasteiger partial charge on any atom is -0.493 e. The number of fused-ring (bicyclic) bond motifs is 2. The number of aromatic carboxylic acids is 1. The first-order valence-corrected chi connectivity index (χ1v) is 12.2. The van der Waals surface area contributed by atoms with Gasteiger partial charge >= 0.3 is 5.97 Å². The molecular formula is C27H25NO4S. The van der Waals surface area contributed by atoms with Crippen molar-refractivity contribution in [1.82, 2.24) is 4.98 Å². The first-order valence-electron chi connectivity index (χ1n) is 11.4. The highest BCUT2D eigenvalue weighted by molar-refractivity contribution is 7.22. The number of ether oxygens (including phenoxy) is 2. The van der Waals surface area contributed by atoms with Crippen molar-refractivity contribution in [1.29, 1.82) is 0 Å². The number of hydrogen-bond donors (Lipinski definition) is 1. The van der Waals surface area contributed by atoms with E-state index in [1.54, 1.807) is 17.4 Å². The Hall–Kier alpha value is -2.96. The molecule has 6 heteroatoms. The lowest BCUT2D eigenvalue weighted by atomic mass is 9.67. The molecular weight excluding hydrogens is 434 g/mol. The number of pyridine rings is 1. The smallest absolute Gasteiger partial charge is 0.336 e. The summed E-state index contributed by atoms with van der Waals surface area (Å²) in [5, 5.41) is 11.9. The standard InChI is InChI=1S/C27H25NO4S/c1-15-7-8-21(31-14-17-12-27(13-17)9-10-32-27)23-19(26(29)30)11-20(28-24(15)23)25-16(2)18-5-3-4-6-22(18)33-25/h3-8,11,17H,9-10,12-14H2,1-2H3,(H,29,30)/t17-,27-. The Balaban J connectivity index is 1.41. The molecule has 6 rings (SSSR count). The predicted octanol–water partition coefficient (Wildman–Crippen LogP) is 6.38. The minimum atomic E-state index is -0.969. The molecule has 2 aliphatic rings. The number of aryl methyl sites for hydroxylation is 2. The third-order valence-electron chi connectivity index (χ3n) is 7.19. The number of hydrogen-bond acceptors (Lipinski definition) is 5. The fraction of sp³-hybridized carbons (Fsp3) is 0.333. The highest BCUT2D eigenvalue weighted by atomic mass is 32.1. The van der Waals surface area contributed by atoms with Crippen LogP contribution in [0.1, 0.15) is 40.7 Å². The van der Waals surface area contributed by atoms with E-state index in [-0.39, 0.29) is 11.2 Å². The van der Waals surface area contributed by atoms with Crippen LogP contribution in [0.15, 0.2) is 42.5 Å². The Morgan fingerprint density at radius 1 is 1.24 bits per heavy atom. The van der Waals surface area contributed by atoms with Crippen LogP contribution in [-0.2, 0) is 4.74 Å². The highest BCUT2D eigenvalue weighted by Crippen LogP contribution is 2.49. The summed E-state index contributed by atoms with van der Waals surface area (Å²) in [6.45, 7) is 5.48. The molecule has 1 spiro atoms. The monoisotopic (exact) mass is 459 g/mol. The molecule has 2 aromatic heterocycles. The quantitative estimate of drug-likeness (QED) is 0.375. The summed E-state index contributed by atoms with van der Waals surface area (Å²) in [5.41, 5.74) is 3.78. The predicted molar refractivity (Wildman–Crippen MR) is 131 cm³/mol. The van der Waals surface area contributed by atoms with Gasteiger partial charge in [-0.15, -0.1) is 11.3 Å². The van der Waals surface area contributed by atoms with Crippen LogP contribution in [0.5, 0.6) is 5.75 Å². The van der Waals surface area contributed by atoms with Crippen molar-refractivity contribution in [2.45, 2.75) is 38.7 Å². The van der Waals surface area contributed by atoms with Crippen molar-refractivity contribution in [3.8, 4) is 16.3 Å². The highest BCUT2D eigenvalue weighted by Gasteiger charge is 2.50. The van der Waals surface area contributed by atoms with Gasteiger partial charge in [0.2, 0.25) is 0 Å². The molecule has 5 nitrogen and oxygen atoms in total. The summed E-state index contributed by atoms with van der Waals surface area (Å²) in [4.78, 5) is 18.3. The number of carbonyl (C=O) groups is 1. The van der Waals surface area contributed by atoms with Crippen LogP contribution in [-0.4, -0.2) is 34.9 Å². The van der Waals surface area contributed by atoms with Crippen LogP contribution in [0.4, 0.5) is 0 Å². The Bertz CT molecular complexity index is 1410. The molecule has 3 heterocycles. The maximum Gasteiger partial charge on any atom is 0.336 e. The summed E-state index contributed by atoms with van der Waals surface area (Å²) in [6, 6.07) is 13.8. The van der Waals surface area contributed by atoms with Gasteiger partial charge in [0.05, 0.1) is 45.9 Å². The van der Waals surface area contributed by atoms with Crippen LogP contribution in [0.2, 0.25) is 0 Å². The molecule has 0 atom stereocenters. The lowest BCUT2D eigenvalue weighted by molar-refractivity contribution is -0.216. The van der Waals surface area contributed by atoms with Gasteiger partial charge in [-0.1, -0.05) is 24.3 Å². The van der Waals surface area contributed by atoms with Crippen molar-refractivity contribution in [2.24, 2.45) is 5.92 Å². The maximum absolute atomic E-state index is 12.4. The number of thiophene rings is 1. The van der Waals surface area contributed by atoms with Gasteiger partial charge in [-0.3, -0.25) is 0 Å². The van der Waals surface area contributed by atoms with Gasteiger partial charge in [-0.2, -0.15) is 0 Å². The summed E-state index contributed by atoms with van der Waals surface area (Å²) in [5.74, 6) is 0.0716. The molecule has 1 aliphatic heterocycles. The summed E-state index contributed by atoms with van der Waals surface area (Å²) in [6.07, 6.45) is 3.19. The zero-order valence-corrected chi connectivity index (χ0v) is 19.5. The first-order chi connectivity index (χ1) is 15.9. The number of benzene rings is 2. The number of carboxylic acid groups (broad SMARTS) is 1. The van der Waals surface area contributed by atoms with Crippen molar-refractivity contribution >= 4 is 38.3 Å². The van der Waals surface area contributed by atoms with Crippen LogP contribution in [0, 0.1) is 19.8 Å². The molecule has 0 radical (unpaired) electrons. The number of nitrogens with zero attached hydrogens (tertiary/aromatic N) is 1. The molecule has 0 amide bonds. The van der Waals surface area contributed by atoms with Crippen molar-refractivity contribution < 1.29 is 19.4 Å². The van der Waals surface area contributed by atoms with Gasteiger partial charge in [0.1, 0.15) is 5.75 Å². The molecule has 33 heavy (non-hydrogen) atoms. The Morgan fingerprint density at radius 3 is 2.73 bits per heavy atom. The molecule has 1 saturated heterocycles. The largest absolute Gasteiger partial charge is 0.493 e. The van der Waals surface area contributed by atoms with Gasteiger partial charge in [-0.25, -0.2) is 9.78 Å². The van der Waals surface area contributed by atoms with E-state index >= 15 is 0 Å². The number of carboxylic acids is 1. The van der Waals surface area contributed by atoms with E-state index in [4.69, 9.17) is 14.5 Å². The minimum absolute atomic E-state index is 0.105. The third kappa shape index (κ3) is 3.31. The fourth-order valence-corrected chi connectivity index (χ4v) is 6.47. The van der Waals surface area contributed by atoms with E-state index in [1.807, 2.05) is 31.2 Å². The second kappa shape index (κ2) is 7.54. The van der Waals surface area contributed by atoms with Crippen molar-refractivity contribution in [2.75, 3.05) is 13.2 Å². The fourth-order valence-electron chi connectivity index (χ4n) is 5.30.